The molecule has 7 unspecified atom stereocenters. The van der Waals surface area contributed by atoms with Gasteiger partial charge >= 0.3 is 36.4 Å². The molecule has 0 bridgehead atoms. The summed E-state index contributed by atoms with van der Waals surface area (Å²) in [5, 5.41) is 17.7. The molecule has 0 spiro atoms. The Bertz CT molecular complexity index is 6150. The maximum Gasteiger partial charge on any atom is 0.351 e. The van der Waals surface area contributed by atoms with Gasteiger partial charge in [0.2, 0.25) is 41.5 Å². The fourth-order valence-electron chi connectivity index (χ4n) is 16.3. The molecule has 7 aromatic heterocycles. The average molecular weight is 2010 g/mol. The van der Waals surface area contributed by atoms with Crippen LogP contribution in [0.3, 0.4) is 0 Å². The number of nitrogens with zero attached hydrogens (tertiary/aromatic N) is 21. The molecule has 63 heteroatoms. The summed E-state index contributed by atoms with van der Waals surface area (Å²) in [5.41, 5.74) is 25.7. The zero-order valence-corrected chi connectivity index (χ0v) is 81.7. The number of ether oxygens (including phenoxy) is 5. The Hall–Kier alpha value is -9.92. The van der Waals surface area contributed by atoms with Gasteiger partial charge in [-0.25, -0.2) is 61.8 Å². The third-order valence-corrected chi connectivity index (χ3v) is 36.2. The van der Waals surface area contributed by atoms with Gasteiger partial charge in [0.05, 0.1) is 121 Å². The number of carbonyl (C=O) groups is 5. The van der Waals surface area contributed by atoms with E-state index in [0.29, 0.717) is 0 Å². The molecule has 0 saturated carbocycles. The van der Waals surface area contributed by atoms with E-state index in [1.54, 1.807) is 27.9 Å². The zero-order valence-electron chi connectivity index (χ0n) is 77.2. The van der Waals surface area contributed by atoms with Gasteiger partial charge < -0.3 is 95.8 Å². The summed E-state index contributed by atoms with van der Waals surface area (Å²) >= 11 is 0. The predicted molar refractivity (Wildman–Crippen MR) is 489 cm³/mol. The number of aromatic amines is 3. The Morgan fingerprint density at radius 3 is 1.31 bits per heavy atom. The van der Waals surface area contributed by atoms with E-state index in [2.05, 4.69) is 71.1 Å². The van der Waals surface area contributed by atoms with Gasteiger partial charge in [-0.3, -0.25) is 105 Å². The second-order valence-corrected chi connectivity index (χ2v) is 47.9. The topological polar surface area (TPSA) is 723 Å². The molecule has 5 saturated heterocycles. The number of rotatable bonds is 38. The maximum atomic E-state index is 16.7. The number of H-pyrrole nitrogens is 3. The summed E-state index contributed by atoms with van der Waals surface area (Å²) in [5.74, 6) is -5.83. The van der Waals surface area contributed by atoms with Gasteiger partial charge in [0.15, 0.2) is 51.9 Å². The molecule has 6 aliphatic rings. The molecule has 58 nitrogen and oxygen atoms in total. The molecule has 18 N–H and O–H groups in total. The summed E-state index contributed by atoms with van der Waals surface area (Å²) in [6, 6.07) is 0.274. The van der Waals surface area contributed by atoms with Crippen molar-refractivity contribution in [1.82, 2.24) is 136 Å². The maximum absolute atomic E-state index is 16.7. The van der Waals surface area contributed by atoms with Crippen LogP contribution in [-0.4, -0.2) is 381 Å². The minimum absolute atomic E-state index is 0.0413. The first-order valence-corrected chi connectivity index (χ1v) is 50.7. The minimum Gasteiger partial charge on any atom is -0.383 e. The van der Waals surface area contributed by atoms with Gasteiger partial charge in [-0.05, 0) is 96.3 Å². The van der Waals surface area contributed by atoms with E-state index >= 15 is 18.3 Å². The standard InChI is InChI=1S/C73H117N34O24P5/c1-40(2)132(117,94(5)6)122-32-45-24-101(29-54(129-45)104-19-17-51(74)86-73(104)116)134(119,96(9)10)124-34-44-23-100(27-50(127-44)48-20-41(3)63(110)90-64(48)111)133(118,95(7)8)125-35-46-25-103(31-56(130-46)107-39-84-59-62(107)89-72(79)93-68(59)115)136(121,98(13)14)126-36-47-26-102(30-55(131-47)106-38-83-58-61(106)88-71(78)92-67(58)114)135(120,97(11)12)123-33-43-22-99(28-53(128-43)105-37-82-57-60(105)87-70(77)91-66(57)113)52(109)21-81-65(112)49(85-42(4)108)16-15-18-80-69(75)76/h17,19-20,37-40,43-50,53-56H,15-16,18,21-36H2,1-14H3,(H,81,112)(H,85,108)(H2,74,86,116)(H4,75,76,80)(H,90,110,111)(H3,77,87,91,113)(H3,78,88,92,114)(H3,79,89,93,115)/t43-,44-,45-,46-,47-,48?,49?,50+,53+,54+,55+,56+,132?,133?,134?,135?,136?/m0/s1. The molecule has 0 aromatic carbocycles. The molecule has 5 fully saturated rings. The minimum atomic E-state index is -4.59. The van der Waals surface area contributed by atoms with E-state index in [0.717, 1.165) is 4.57 Å². The highest BCUT2D eigenvalue weighted by Gasteiger charge is 2.52. The molecular formula is C73H117N34O24P5. The first-order chi connectivity index (χ1) is 64.1. The SMILES string of the molecule is CC(=O)NC(CCCNC(=N)N)C(=O)NCC(=O)N1C[C@@H](COP(=O)(N(C)C)N2C[C@@H](COP(=O)(N(C)C)N3C[C@@H](COP(=O)(N(C)C)N4C[C@@H](COP(=O)(N(C)C)N5C[C@@H](COP(=O)(C(C)C)N(C)C)O[C@@H](n6ccc(N)nc6=O)C5)O[C@@H](C5C=C(C)C(=O)NC5=O)C4)O[C@@H](n4cnc5c(=O)[nH]c(N)nc54)C3)O[C@@H](n3cnc4c(=O)[nH]c(N)nc43)C2)O[C@@H](n2cnc3c(=O)[nH]c(N)nc32)C1. The van der Waals surface area contributed by atoms with Crippen LogP contribution in [0, 0.1) is 11.3 Å². The Morgan fingerprint density at radius 2 is 0.919 bits per heavy atom. The monoisotopic (exact) mass is 2010 g/mol. The first-order valence-electron chi connectivity index (χ1n) is 43.0. The largest absolute Gasteiger partial charge is 0.383 e. The lowest BCUT2D eigenvalue weighted by Crippen LogP contribution is -2.55. The number of morpholine rings is 5. The van der Waals surface area contributed by atoms with Crippen LogP contribution in [0.5, 0.6) is 0 Å². The predicted octanol–water partition coefficient (Wildman–Crippen LogP) is -2.61. The zero-order chi connectivity index (χ0) is 98.9. The number of imide groups is 1. The molecule has 17 atom stereocenters. The Balaban J connectivity index is 0.786. The van der Waals surface area contributed by atoms with Crippen LogP contribution < -0.4 is 72.3 Å². The number of amides is 5. The highest BCUT2D eigenvalue weighted by atomic mass is 31.2. The van der Waals surface area contributed by atoms with Gasteiger partial charge in [0.25, 0.3) is 30.1 Å². The smallest absolute Gasteiger partial charge is 0.351 e. The van der Waals surface area contributed by atoms with Crippen LogP contribution in [-0.2, 0) is 93.1 Å². The number of aromatic nitrogens is 14. The second kappa shape index (κ2) is 42.4. The van der Waals surface area contributed by atoms with E-state index in [-0.39, 0.29) is 160 Å². The van der Waals surface area contributed by atoms with E-state index in [4.69, 9.17) is 80.4 Å². The number of hydrogen-bond donors (Lipinski definition) is 13. The summed E-state index contributed by atoms with van der Waals surface area (Å²) < 4.78 is 164. The summed E-state index contributed by atoms with van der Waals surface area (Å²) in [7, 11) is -6.50. The normalized spacial score (nSPS) is 25.2. The lowest BCUT2D eigenvalue weighted by molar-refractivity contribution is -0.158. The summed E-state index contributed by atoms with van der Waals surface area (Å²) in [6.45, 7) is 0.0315. The first kappa shape index (κ1) is 103. The number of nitrogens with one attached hydrogen (secondary N) is 8. The fourth-order valence-corrected chi connectivity index (χ4v) is 26.2. The van der Waals surface area contributed by atoms with Gasteiger partial charge in [-0.1, -0.05) is 19.9 Å². The Morgan fingerprint density at radius 1 is 0.529 bits per heavy atom. The third kappa shape index (κ3) is 22.6. The lowest BCUT2D eigenvalue weighted by atomic mass is 9.94. The quantitative estimate of drug-likeness (QED) is 0.00620. The number of hydrogen-bond acceptors (Lipinski definition) is 36. The molecule has 0 aliphatic carbocycles. The van der Waals surface area contributed by atoms with Crippen LogP contribution in [0.25, 0.3) is 33.5 Å². The van der Waals surface area contributed by atoms with Crippen molar-refractivity contribution in [2.45, 2.75) is 114 Å². The molecular weight excluding hydrogens is 1890 g/mol. The molecule has 5 amide bonds. The molecule has 0 radical (unpaired) electrons. The van der Waals surface area contributed by atoms with Gasteiger partial charge in [0.1, 0.15) is 30.4 Å². The average Bonchev–Trinajstić information content (AvgIpc) is 1.37. The molecule has 6 aliphatic heterocycles. The number of imidazole rings is 3. The molecule has 748 valence electrons. The summed E-state index contributed by atoms with van der Waals surface area (Å²) in [4.78, 5) is 160. The number of carbonyl (C=O) groups excluding carboxylic acids is 5. The molecule has 13 heterocycles. The van der Waals surface area contributed by atoms with Crippen LogP contribution >= 0.6 is 38.2 Å². The van der Waals surface area contributed by atoms with Gasteiger partial charge in [0, 0.05) is 70.2 Å². The molecule has 136 heavy (non-hydrogen) atoms. The molecule has 7 aromatic rings. The number of anilines is 4. The fraction of sp³-hybridized carbons (Fsp3) is 0.630. The number of nitrogen functional groups attached to an aromatic ring is 4. The van der Waals surface area contributed by atoms with E-state index in [1.165, 1.54) is 168 Å². The second-order valence-electron chi connectivity index (χ2n) is 34.3. The summed E-state index contributed by atoms with van der Waals surface area (Å²) in [6.07, 6.45) is -5.48. The van der Waals surface area contributed by atoms with Crippen LogP contribution in [0.15, 0.2) is 62.1 Å². The van der Waals surface area contributed by atoms with E-state index in [9.17, 15) is 47.7 Å². The van der Waals surface area contributed by atoms with Crippen LogP contribution in [0.1, 0.15) is 65.4 Å². The molecule has 13 rings (SSSR count). The third-order valence-electron chi connectivity index (χ3n) is 23.2. The van der Waals surface area contributed by atoms with E-state index < -0.39 is 202 Å². The van der Waals surface area contributed by atoms with Crippen molar-refractivity contribution in [3.63, 3.8) is 0 Å². The van der Waals surface area contributed by atoms with Crippen molar-refractivity contribution >= 4 is 131 Å². The number of fused-ring (bicyclic) bond motifs is 3. The van der Waals surface area contributed by atoms with Crippen LogP contribution in [0.2, 0.25) is 0 Å². The van der Waals surface area contributed by atoms with Crippen LogP contribution in [0.4, 0.5) is 23.7 Å². The van der Waals surface area contributed by atoms with E-state index in [1.807, 2.05) is 0 Å². The number of nitrogens with two attached hydrogens (primary N) is 5. The highest BCUT2D eigenvalue weighted by molar-refractivity contribution is 7.57. The Labute approximate surface area is 777 Å². The van der Waals surface area contributed by atoms with Crippen molar-refractivity contribution in [2.75, 3.05) is 205 Å². The van der Waals surface area contributed by atoms with Crippen molar-refractivity contribution in [3.05, 3.63) is 84.4 Å². The van der Waals surface area contributed by atoms with Gasteiger partial charge in [-0.2, -0.15) is 19.9 Å². The van der Waals surface area contributed by atoms with Crippen molar-refractivity contribution in [1.29, 1.82) is 5.41 Å². The van der Waals surface area contributed by atoms with Crippen molar-refractivity contribution in [3.8, 4) is 0 Å². The Kier molecular flexibility index (Phi) is 32.3. The highest BCUT2D eigenvalue weighted by Crippen LogP contribution is 2.61. The van der Waals surface area contributed by atoms with Crippen molar-refractivity contribution in [2.24, 2.45) is 11.7 Å². The number of guanidine groups is 1. The van der Waals surface area contributed by atoms with Gasteiger partial charge in [-0.15, -0.1) is 0 Å². The lowest BCUT2D eigenvalue weighted by Gasteiger charge is -2.46. The van der Waals surface area contributed by atoms with Crippen molar-refractivity contribution < 1.29 is 93.1 Å².